The maximum Gasteiger partial charge on any atom is 0.191 e. The van der Waals surface area contributed by atoms with Crippen molar-refractivity contribution < 1.29 is 4.52 Å². The quantitative estimate of drug-likeness (QED) is 0.502. The van der Waals surface area contributed by atoms with Crippen LogP contribution in [-0.4, -0.2) is 29.1 Å². The molecule has 2 heterocycles. The van der Waals surface area contributed by atoms with E-state index in [2.05, 4.69) is 22.0 Å². The Morgan fingerprint density at radius 2 is 2.29 bits per heavy atom. The largest absolute Gasteiger partial charge is 0.370 e. The zero-order valence-electron chi connectivity index (χ0n) is 10.0. The second-order valence-electron chi connectivity index (χ2n) is 4.33. The van der Waals surface area contributed by atoms with E-state index in [1.54, 1.807) is 12.3 Å². The van der Waals surface area contributed by atoms with Crippen molar-refractivity contribution in [2.45, 2.75) is 26.3 Å². The van der Waals surface area contributed by atoms with Crippen LogP contribution < -0.4 is 5.73 Å². The minimum absolute atomic E-state index is 0. The van der Waals surface area contributed by atoms with Gasteiger partial charge in [0.25, 0.3) is 0 Å². The smallest absolute Gasteiger partial charge is 0.191 e. The number of guanidine groups is 1. The summed E-state index contributed by atoms with van der Waals surface area (Å²) in [4.78, 5) is 6.45. The first-order chi connectivity index (χ1) is 7.75. The molecule has 2 rings (SSSR count). The van der Waals surface area contributed by atoms with Crippen LogP contribution in [0.15, 0.2) is 21.8 Å². The number of aliphatic imine (C=N–C) groups is 1. The van der Waals surface area contributed by atoms with Crippen molar-refractivity contribution in [3.63, 3.8) is 0 Å². The maximum atomic E-state index is 5.93. The second-order valence-corrected chi connectivity index (χ2v) is 4.33. The minimum Gasteiger partial charge on any atom is -0.370 e. The number of rotatable bonds is 2. The van der Waals surface area contributed by atoms with Gasteiger partial charge in [-0.25, -0.2) is 4.99 Å². The summed E-state index contributed by atoms with van der Waals surface area (Å²) in [5, 5.41) is 3.79. The molecule has 17 heavy (non-hydrogen) atoms. The molecule has 0 bridgehead atoms. The number of piperidine rings is 1. The molecular weight excluding hydrogens is 331 g/mol. The summed E-state index contributed by atoms with van der Waals surface area (Å²) >= 11 is 0. The number of hydrogen-bond acceptors (Lipinski definition) is 3. The van der Waals surface area contributed by atoms with Crippen LogP contribution in [0.4, 0.5) is 0 Å². The molecule has 0 atom stereocenters. The molecule has 96 valence electrons. The van der Waals surface area contributed by atoms with E-state index in [9.17, 15) is 0 Å². The highest BCUT2D eigenvalue weighted by Gasteiger charge is 2.16. The molecule has 0 amide bonds. The topological polar surface area (TPSA) is 67.7 Å². The molecule has 0 saturated carbocycles. The van der Waals surface area contributed by atoms with Gasteiger partial charge in [-0.2, -0.15) is 0 Å². The predicted molar refractivity (Wildman–Crippen MR) is 77.2 cm³/mol. The SMILES string of the molecule is CC1CCN(C(N)=NCc2ccon2)CC1.I. The Labute approximate surface area is 118 Å². The first kappa shape index (κ1) is 14.3. The molecule has 6 heteroatoms. The normalized spacial score (nSPS) is 17.9. The van der Waals surface area contributed by atoms with Gasteiger partial charge in [-0.1, -0.05) is 12.1 Å². The van der Waals surface area contributed by atoms with Crippen molar-refractivity contribution in [3.8, 4) is 0 Å². The Balaban J connectivity index is 0.00000144. The zero-order valence-corrected chi connectivity index (χ0v) is 12.3. The highest BCUT2D eigenvalue weighted by molar-refractivity contribution is 14.0. The van der Waals surface area contributed by atoms with Crippen molar-refractivity contribution in [1.82, 2.24) is 10.1 Å². The molecule has 2 N–H and O–H groups in total. The monoisotopic (exact) mass is 350 g/mol. The Morgan fingerprint density at radius 3 is 2.88 bits per heavy atom. The van der Waals surface area contributed by atoms with Crippen molar-refractivity contribution in [2.24, 2.45) is 16.6 Å². The zero-order chi connectivity index (χ0) is 11.4. The minimum atomic E-state index is 0. The highest BCUT2D eigenvalue weighted by Crippen LogP contribution is 2.15. The molecule has 1 aliphatic rings. The van der Waals surface area contributed by atoms with Crippen LogP contribution in [0.25, 0.3) is 0 Å². The average molecular weight is 350 g/mol. The van der Waals surface area contributed by atoms with Gasteiger partial charge in [0.2, 0.25) is 0 Å². The molecule has 1 aromatic heterocycles. The van der Waals surface area contributed by atoms with Gasteiger partial charge in [0.1, 0.15) is 12.0 Å². The van der Waals surface area contributed by atoms with Gasteiger partial charge in [0.15, 0.2) is 5.96 Å². The summed E-state index contributed by atoms with van der Waals surface area (Å²) in [6.45, 7) is 4.79. The summed E-state index contributed by atoms with van der Waals surface area (Å²) in [7, 11) is 0. The first-order valence-electron chi connectivity index (χ1n) is 5.70. The lowest BCUT2D eigenvalue weighted by atomic mass is 10.00. The fourth-order valence-corrected chi connectivity index (χ4v) is 1.82. The van der Waals surface area contributed by atoms with Crippen LogP contribution in [0.5, 0.6) is 0 Å². The molecule has 1 fully saturated rings. The Morgan fingerprint density at radius 1 is 1.59 bits per heavy atom. The van der Waals surface area contributed by atoms with Gasteiger partial charge in [0, 0.05) is 19.2 Å². The summed E-state index contributed by atoms with van der Waals surface area (Å²) in [5.74, 6) is 1.43. The van der Waals surface area contributed by atoms with Crippen molar-refractivity contribution in [1.29, 1.82) is 0 Å². The second kappa shape index (κ2) is 6.83. The molecular formula is C11H19IN4O. The third kappa shape index (κ3) is 4.18. The van der Waals surface area contributed by atoms with Crippen LogP contribution in [0.2, 0.25) is 0 Å². The summed E-state index contributed by atoms with van der Waals surface area (Å²) in [6.07, 6.45) is 3.93. The van der Waals surface area contributed by atoms with E-state index in [0.29, 0.717) is 12.5 Å². The summed E-state index contributed by atoms with van der Waals surface area (Å²) in [5.41, 5.74) is 6.74. The molecule has 0 aromatic carbocycles. The lowest BCUT2D eigenvalue weighted by molar-refractivity contribution is 0.277. The molecule has 0 spiro atoms. The third-order valence-electron chi connectivity index (χ3n) is 3.00. The number of aromatic nitrogens is 1. The summed E-state index contributed by atoms with van der Waals surface area (Å²) in [6, 6.07) is 1.80. The van der Waals surface area contributed by atoms with Crippen molar-refractivity contribution in [3.05, 3.63) is 18.0 Å². The lowest BCUT2D eigenvalue weighted by Gasteiger charge is -2.30. The van der Waals surface area contributed by atoms with Gasteiger partial charge in [-0.15, -0.1) is 24.0 Å². The van der Waals surface area contributed by atoms with Gasteiger partial charge < -0.3 is 15.2 Å². The summed E-state index contributed by atoms with van der Waals surface area (Å²) < 4.78 is 4.73. The number of likely N-dealkylation sites (tertiary alicyclic amines) is 1. The van der Waals surface area contributed by atoms with Gasteiger partial charge in [-0.3, -0.25) is 0 Å². The van der Waals surface area contributed by atoms with E-state index in [1.807, 2.05) is 0 Å². The van der Waals surface area contributed by atoms with Crippen LogP contribution in [0.3, 0.4) is 0 Å². The van der Waals surface area contributed by atoms with Gasteiger partial charge >= 0.3 is 0 Å². The Hall–Kier alpha value is -0.790. The van der Waals surface area contributed by atoms with E-state index >= 15 is 0 Å². The molecule has 1 aromatic rings. The van der Waals surface area contributed by atoms with Crippen LogP contribution in [0, 0.1) is 5.92 Å². The van der Waals surface area contributed by atoms with Crippen molar-refractivity contribution >= 4 is 29.9 Å². The number of halogens is 1. The van der Waals surface area contributed by atoms with E-state index in [4.69, 9.17) is 10.3 Å². The van der Waals surface area contributed by atoms with E-state index in [-0.39, 0.29) is 24.0 Å². The van der Waals surface area contributed by atoms with Crippen LogP contribution in [0.1, 0.15) is 25.5 Å². The number of hydrogen-bond donors (Lipinski definition) is 1. The molecule has 0 radical (unpaired) electrons. The van der Waals surface area contributed by atoms with Crippen molar-refractivity contribution in [2.75, 3.05) is 13.1 Å². The number of nitrogens with zero attached hydrogens (tertiary/aromatic N) is 3. The first-order valence-corrected chi connectivity index (χ1v) is 5.70. The number of nitrogens with two attached hydrogens (primary N) is 1. The highest BCUT2D eigenvalue weighted by atomic mass is 127. The molecule has 0 aliphatic carbocycles. The fraction of sp³-hybridized carbons (Fsp3) is 0.636. The Kier molecular flexibility index (Phi) is 5.73. The molecule has 1 saturated heterocycles. The lowest BCUT2D eigenvalue weighted by Crippen LogP contribution is -2.42. The van der Waals surface area contributed by atoms with Crippen LogP contribution in [-0.2, 0) is 6.54 Å². The van der Waals surface area contributed by atoms with E-state index in [0.717, 1.165) is 24.7 Å². The maximum absolute atomic E-state index is 5.93. The predicted octanol–water partition coefficient (Wildman–Crippen LogP) is 1.84. The van der Waals surface area contributed by atoms with E-state index in [1.165, 1.54) is 12.8 Å². The van der Waals surface area contributed by atoms with Gasteiger partial charge in [-0.05, 0) is 18.8 Å². The van der Waals surface area contributed by atoms with E-state index < -0.39 is 0 Å². The average Bonchev–Trinajstić information content (AvgIpc) is 2.80. The molecule has 5 nitrogen and oxygen atoms in total. The Bertz CT molecular complexity index is 344. The molecule has 1 aliphatic heterocycles. The van der Waals surface area contributed by atoms with Crippen LogP contribution >= 0.6 is 24.0 Å². The standard InChI is InChI=1S/C11H18N4O.HI/c1-9-2-5-15(6-3-9)11(12)13-8-10-4-7-16-14-10;/h4,7,9H,2-3,5-6,8H2,1H3,(H2,12,13);1H. The fourth-order valence-electron chi connectivity index (χ4n) is 1.82. The third-order valence-corrected chi connectivity index (χ3v) is 3.00. The molecule has 0 unspecified atom stereocenters. The van der Waals surface area contributed by atoms with Gasteiger partial charge in [0.05, 0.1) is 6.54 Å².